The van der Waals surface area contributed by atoms with Crippen LogP contribution in [0.2, 0.25) is 0 Å². The van der Waals surface area contributed by atoms with E-state index in [4.69, 9.17) is 0 Å². The molecule has 0 aliphatic rings. The summed E-state index contributed by atoms with van der Waals surface area (Å²) in [5.41, 5.74) is 4.57. The molecule has 0 aliphatic heterocycles. The van der Waals surface area contributed by atoms with Gasteiger partial charge in [0.05, 0.1) is 9.79 Å². The molecule has 0 fully saturated rings. The second-order valence-corrected chi connectivity index (χ2v) is 17.0. The van der Waals surface area contributed by atoms with E-state index in [2.05, 4.69) is 27.7 Å². The largest absolute Gasteiger partial charge is 2.00 e. The van der Waals surface area contributed by atoms with E-state index < -0.39 is 20.2 Å². The van der Waals surface area contributed by atoms with Crippen LogP contribution in [0.4, 0.5) is 0 Å². The summed E-state index contributed by atoms with van der Waals surface area (Å²) in [5.74, 6) is 0. The first kappa shape index (κ1) is 47.9. The first-order chi connectivity index (χ1) is 25.0. The Balaban J connectivity index is 0.000000360. The van der Waals surface area contributed by atoms with Crippen molar-refractivity contribution in [3.8, 4) is 0 Å². The summed E-state index contributed by atoms with van der Waals surface area (Å²) in [5, 5.41) is 3.02. The summed E-state index contributed by atoms with van der Waals surface area (Å²) in [4.78, 5) is -0.119. The fraction of sp³-hybridized carbons (Fsp3) is 0.545. The molecule has 288 valence electrons. The van der Waals surface area contributed by atoms with Gasteiger partial charge in [-0.1, -0.05) is 153 Å². The first-order valence-electron chi connectivity index (χ1n) is 20.0. The Morgan fingerprint density at radius 3 is 0.981 bits per heavy atom. The van der Waals surface area contributed by atoms with Gasteiger partial charge in [-0.05, 0) is 107 Å². The number of unbranched alkanes of at least 4 members (excludes halogenated alkanes) is 12. The third-order valence-electron chi connectivity index (χ3n) is 10.1. The molecule has 0 radical (unpaired) electrons. The molecule has 0 spiro atoms. The van der Waals surface area contributed by atoms with E-state index in [1.165, 1.54) is 75.3 Å². The molecule has 0 saturated carbocycles. The van der Waals surface area contributed by atoms with Crippen molar-refractivity contribution in [1.29, 1.82) is 0 Å². The molecule has 0 heterocycles. The Hall–Kier alpha value is -1.21. The minimum atomic E-state index is -4.48. The molecule has 0 saturated heterocycles. The summed E-state index contributed by atoms with van der Waals surface area (Å²) in [6.45, 7) is 8.75. The van der Waals surface area contributed by atoms with E-state index in [0.717, 1.165) is 86.1 Å². The van der Waals surface area contributed by atoms with Crippen molar-refractivity contribution in [2.75, 3.05) is 0 Å². The van der Waals surface area contributed by atoms with E-state index in [1.54, 1.807) is 36.4 Å². The van der Waals surface area contributed by atoms with Crippen LogP contribution in [0.3, 0.4) is 0 Å². The predicted molar refractivity (Wildman–Crippen MR) is 221 cm³/mol. The number of benzene rings is 4. The Labute approximate surface area is 361 Å². The van der Waals surface area contributed by atoms with E-state index >= 15 is 0 Å². The van der Waals surface area contributed by atoms with E-state index in [0.29, 0.717) is 10.8 Å². The van der Waals surface area contributed by atoms with Gasteiger partial charge in [0.1, 0.15) is 20.2 Å². The number of hydrogen-bond acceptors (Lipinski definition) is 6. The topological polar surface area (TPSA) is 114 Å². The minimum Gasteiger partial charge on any atom is -0.744 e. The molecule has 4 aromatic carbocycles. The van der Waals surface area contributed by atoms with Gasteiger partial charge in [-0.25, -0.2) is 16.8 Å². The molecule has 0 aromatic heterocycles. The molecule has 53 heavy (non-hydrogen) atoms. The molecule has 0 N–H and O–H groups in total. The maximum Gasteiger partial charge on any atom is 2.00 e. The predicted octanol–water partition coefficient (Wildman–Crippen LogP) is 11.6. The Bertz CT molecular complexity index is 1770. The zero-order valence-corrected chi connectivity index (χ0v) is 39.0. The van der Waals surface area contributed by atoms with Crippen molar-refractivity contribution in [2.45, 2.75) is 166 Å². The molecule has 4 rings (SSSR count). The van der Waals surface area contributed by atoms with Gasteiger partial charge in [-0.2, -0.15) is 0 Å². The van der Waals surface area contributed by atoms with E-state index in [-0.39, 0.29) is 58.7 Å². The van der Waals surface area contributed by atoms with Gasteiger partial charge < -0.3 is 9.11 Å². The molecule has 0 amide bonds. The molecule has 4 aromatic rings. The summed E-state index contributed by atoms with van der Waals surface area (Å²) < 4.78 is 71.0. The van der Waals surface area contributed by atoms with Crippen molar-refractivity contribution in [3.63, 3.8) is 0 Å². The molecule has 6 nitrogen and oxygen atoms in total. The third-order valence-corrected chi connectivity index (χ3v) is 11.9. The van der Waals surface area contributed by atoms with E-state index in [1.807, 2.05) is 24.3 Å². The number of aryl methyl sites for hydroxylation is 4. The fourth-order valence-corrected chi connectivity index (χ4v) is 8.77. The SMILES string of the molecule is CCCCCCc1cc(S(=O)(=O)[O-])c2ccccc2c1CCCCCC.CCCCCCc1cc(S(=O)(=O)[O-])c2ccccc2c1CCCCCC.[Ba+2]. The van der Waals surface area contributed by atoms with Crippen molar-refractivity contribution in [3.05, 3.63) is 82.9 Å². The van der Waals surface area contributed by atoms with Gasteiger partial charge in [0, 0.05) is 0 Å². The molecular weight excluding hydrogens is 826 g/mol. The van der Waals surface area contributed by atoms with Gasteiger partial charge >= 0.3 is 48.9 Å². The number of fused-ring (bicyclic) bond motifs is 2. The normalized spacial score (nSPS) is 11.7. The quantitative estimate of drug-likeness (QED) is 0.0441. The standard InChI is InChI=1S/2C22H32O3S.Ba/c2*1-3-5-7-9-13-18-17-22(26(23,24)25)21-16-12-11-15-20(21)19(18)14-10-8-6-4-2;/h2*11-12,15-17H,3-10,13-14H2,1-2H3,(H,23,24,25);/q;;+2/p-2. The molecular formula is C44H62BaO6S2. The van der Waals surface area contributed by atoms with Gasteiger partial charge in [0.15, 0.2) is 0 Å². The van der Waals surface area contributed by atoms with Crippen molar-refractivity contribution < 1.29 is 25.9 Å². The average Bonchev–Trinajstić information content (AvgIpc) is 3.12. The minimum absolute atomic E-state index is 0. The van der Waals surface area contributed by atoms with Gasteiger partial charge in [-0.15, -0.1) is 0 Å². The molecule has 0 atom stereocenters. The summed E-state index contributed by atoms with van der Waals surface area (Å²) >= 11 is 0. The fourth-order valence-electron chi connectivity index (χ4n) is 7.31. The number of rotatable bonds is 22. The monoisotopic (exact) mass is 888 g/mol. The molecule has 0 unspecified atom stereocenters. The third kappa shape index (κ3) is 15.3. The Morgan fingerprint density at radius 1 is 0.415 bits per heavy atom. The van der Waals surface area contributed by atoms with Gasteiger partial charge in [-0.3, -0.25) is 0 Å². The maximum atomic E-state index is 11.8. The van der Waals surface area contributed by atoms with Crippen LogP contribution >= 0.6 is 0 Å². The van der Waals surface area contributed by atoms with Crippen molar-refractivity contribution >= 4 is 90.7 Å². The first-order valence-corrected chi connectivity index (χ1v) is 22.8. The number of hydrogen-bond donors (Lipinski definition) is 0. The molecule has 0 bridgehead atoms. The Kier molecular flexibility index (Phi) is 22.7. The Morgan fingerprint density at radius 2 is 0.698 bits per heavy atom. The zero-order chi connectivity index (χ0) is 38.0. The van der Waals surface area contributed by atoms with Crippen LogP contribution in [0.15, 0.2) is 70.5 Å². The molecule has 0 aliphatic carbocycles. The van der Waals surface area contributed by atoms with Crippen LogP contribution in [-0.4, -0.2) is 74.8 Å². The van der Waals surface area contributed by atoms with Gasteiger partial charge in [0.25, 0.3) is 0 Å². The van der Waals surface area contributed by atoms with E-state index in [9.17, 15) is 25.9 Å². The van der Waals surface area contributed by atoms with Crippen LogP contribution < -0.4 is 0 Å². The second kappa shape index (κ2) is 25.1. The van der Waals surface area contributed by atoms with Crippen LogP contribution in [0.5, 0.6) is 0 Å². The summed E-state index contributed by atoms with van der Waals surface area (Å²) in [6.07, 6.45) is 22.0. The summed E-state index contributed by atoms with van der Waals surface area (Å²) in [6, 6.07) is 18.2. The maximum absolute atomic E-state index is 11.8. The van der Waals surface area contributed by atoms with Crippen LogP contribution in [0.25, 0.3) is 21.5 Å². The van der Waals surface area contributed by atoms with Crippen LogP contribution in [0, 0.1) is 0 Å². The smallest absolute Gasteiger partial charge is 0.744 e. The van der Waals surface area contributed by atoms with Crippen LogP contribution in [0.1, 0.15) is 153 Å². The molecule has 9 heteroatoms. The van der Waals surface area contributed by atoms with Crippen LogP contribution in [-0.2, 0) is 45.9 Å². The second-order valence-electron chi connectivity index (χ2n) is 14.3. The van der Waals surface area contributed by atoms with Crippen molar-refractivity contribution in [2.24, 2.45) is 0 Å². The average molecular weight is 888 g/mol. The zero-order valence-electron chi connectivity index (χ0n) is 32.9. The summed E-state index contributed by atoms with van der Waals surface area (Å²) in [7, 11) is -8.97. The van der Waals surface area contributed by atoms with Crippen molar-refractivity contribution in [1.82, 2.24) is 0 Å². The van der Waals surface area contributed by atoms with Gasteiger partial charge in [0.2, 0.25) is 0 Å².